The van der Waals surface area contributed by atoms with Crippen molar-refractivity contribution in [3.63, 3.8) is 0 Å². The standard InChI is InChI=1S/C19H21FN2O/c1-22(2)14-13-21-17-10-7-16(8-11-17)19(23)12-9-15-5-3-4-6-18(15)20/h3-12,21H,13-14H2,1-2H3. The molecule has 23 heavy (non-hydrogen) atoms. The fraction of sp³-hybridized carbons (Fsp3) is 0.211. The molecule has 0 atom stereocenters. The number of halogens is 1. The minimum Gasteiger partial charge on any atom is -0.384 e. The molecular formula is C19H21FN2O. The number of rotatable bonds is 7. The second-order valence-corrected chi connectivity index (χ2v) is 5.53. The van der Waals surface area contributed by atoms with E-state index in [9.17, 15) is 9.18 Å². The van der Waals surface area contributed by atoms with Crippen molar-refractivity contribution < 1.29 is 9.18 Å². The van der Waals surface area contributed by atoms with E-state index in [-0.39, 0.29) is 11.6 Å². The minimum absolute atomic E-state index is 0.145. The van der Waals surface area contributed by atoms with Gasteiger partial charge in [-0.15, -0.1) is 0 Å². The van der Waals surface area contributed by atoms with Gasteiger partial charge >= 0.3 is 0 Å². The van der Waals surface area contributed by atoms with Gasteiger partial charge < -0.3 is 10.2 Å². The number of anilines is 1. The fourth-order valence-electron chi connectivity index (χ4n) is 2.05. The Labute approximate surface area is 136 Å². The maximum Gasteiger partial charge on any atom is 0.185 e. The third-order valence-corrected chi connectivity index (χ3v) is 3.38. The van der Waals surface area contributed by atoms with Crippen LogP contribution in [0.15, 0.2) is 54.6 Å². The summed E-state index contributed by atoms with van der Waals surface area (Å²) in [6, 6.07) is 13.7. The molecule has 1 N–H and O–H groups in total. The number of hydrogen-bond donors (Lipinski definition) is 1. The number of carbonyl (C=O) groups excluding carboxylic acids is 1. The summed E-state index contributed by atoms with van der Waals surface area (Å²) in [5.41, 5.74) is 1.96. The van der Waals surface area contributed by atoms with Crippen LogP contribution in [0.5, 0.6) is 0 Å². The maximum atomic E-state index is 13.5. The largest absolute Gasteiger partial charge is 0.384 e. The normalized spacial score (nSPS) is 11.1. The first-order valence-corrected chi connectivity index (χ1v) is 7.52. The first-order chi connectivity index (χ1) is 11.1. The zero-order valence-corrected chi connectivity index (χ0v) is 13.4. The number of ketones is 1. The van der Waals surface area contributed by atoms with Gasteiger partial charge in [0.15, 0.2) is 5.78 Å². The van der Waals surface area contributed by atoms with E-state index >= 15 is 0 Å². The summed E-state index contributed by atoms with van der Waals surface area (Å²) in [4.78, 5) is 14.2. The fourth-order valence-corrected chi connectivity index (χ4v) is 2.05. The smallest absolute Gasteiger partial charge is 0.185 e. The molecule has 0 radical (unpaired) electrons. The summed E-state index contributed by atoms with van der Waals surface area (Å²) in [7, 11) is 4.04. The van der Waals surface area contributed by atoms with Gasteiger partial charge in [0, 0.05) is 29.9 Å². The lowest BCUT2D eigenvalue weighted by atomic mass is 10.1. The molecule has 0 aliphatic rings. The summed E-state index contributed by atoms with van der Waals surface area (Å²) in [6.07, 6.45) is 2.90. The summed E-state index contributed by atoms with van der Waals surface area (Å²) in [5.74, 6) is -0.481. The highest BCUT2D eigenvalue weighted by Crippen LogP contribution is 2.12. The van der Waals surface area contributed by atoms with E-state index in [1.165, 1.54) is 18.2 Å². The van der Waals surface area contributed by atoms with Crippen molar-refractivity contribution in [2.24, 2.45) is 0 Å². The monoisotopic (exact) mass is 312 g/mol. The topological polar surface area (TPSA) is 32.3 Å². The summed E-state index contributed by atoms with van der Waals surface area (Å²) < 4.78 is 13.5. The number of benzene rings is 2. The van der Waals surface area contributed by atoms with Crippen LogP contribution in [-0.4, -0.2) is 37.9 Å². The predicted molar refractivity (Wildman–Crippen MR) is 93.3 cm³/mol. The second kappa shape index (κ2) is 8.25. The number of likely N-dealkylation sites (N-methyl/N-ethyl adjacent to an activating group) is 1. The van der Waals surface area contributed by atoms with Crippen LogP contribution in [0.1, 0.15) is 15.9 Å². The molecule has 0 saturated heterocycles. The molecule has 4 heteroatoms. The summed E-state index contributed by atoms with van der Waals surface area (Å²) in [6.45, 7) is 1.78. The second-order valence-electron chi connectivity index (χ2n) is 5.53. The van der Waals surface area contributed by atoms with Gasteiger partial charge in [0.1, 0.15) is 5.82 Å². The molecular weight excluding hydrogens is 291 g/mol. The minimum atomic E-state index is -0.336. The van der Waals surface area contributed by atoms with Crippen molar-refractivity contribution in [1.82, 2.24) is 4.90 Å². The van der Waals surface area contributed by atoms with E-state index in [0.29, 0.717) is 11.1 Å². The van der Waals surface area contributed by atoms with Crippen molar-refractivity contribution >= 4 is 17.5 Å². The van der Waals surface area contributed by atoms with Crippen LogP contribution in [-0.2, 0) is 0 Å². The maximum absolute atomic E-state index is 13.5. The van der Waals surface area contributed by atoms with Crippen LogP contribution >= 0.6 is 0 Å². The lowest BCUT2D eigenvalue weighted by Crippen LogP contribution is -2.20. The molecule has 0 bridgehead atoms. The lowest BCUT2D eigenvalue weighted by Gasteiger charge is -2.11. The van der Waals surface area contributed by atoms with Gasteiger partial charge in [-0.3, -0.25) is 4.79 Å². The van der Waals surface area contributed by atoms with E-state index in [1.807, 2.05) is 26.2 Å². The van der Waals surface area contributed by atoms with E-state index in [2.05, 4.69) is 10.2 Å². The lowest BCUT2D eigenvalue weighted by molar-refractivity contribution is 0.104. The SMILES string of the molecule is CN(C)CCNc1ccc(C(=O)C=Cc2ccccc2F)cc1. The van der Waals surface area contributed by atoms with E-state index < -0.39 is 0 Å². The molecule has 120 valence electrons. The van der Waals surface area contributed by atoms with E-state index in [1.54, 1.807) is 30.3 Å². The zero-order valence-electron chi connectivity index (χ0n) is 13.4. The molecule has 0 amide bonds. The number of allylic oxidation sites excluding steroid dienone is 1. The Morgan fingerprint density at radius 1 is 1.13 bits per heavy atom. The molecule has 3 nitrogen and oxygen atoms in total. The van der Waals surface area contributed by atoms with Crippen LogP contribution in [0.4, 0.5) is 10.1 Å². The highest BCUT2D eigenvalue weighted by molar-refractivity contribution is 6.06. The number of nitrogens with one attached hydrogen (secondary N) is 1. The molecule has 0 heterocycles. The first kappa shape index (κ1) is 16.9. The Hall–Kier alpha value is -2.46. The third-order valence-electron chi connectivity index (χ3n) is 3.38. The highest BCUT2D eigenvalue weighted by Gasteiger charge is 2.03. The number of carbonyl (C=O) groups is 1. The van der Waals surface area contributed by atoms with Crippen molar-refractivity contribution in [3.05, 3.63) is 71.6 Å². The Balaban J connectivity index is 1.96. The Kier molecular flexibility index (Phi) is 6.06. The molecule has 2 aromatic rings. The molecule has 0 unspecified atom stereocenters. The Bertz CT molecular complexity index is 678. The molecule has 2 aromatic carbocycles. The first-order valence-electron chi connectivity index (χ1n) is 7.52. The van der Waals surface area contributed by atoms with Gasteiger partial charge in [-0.2, -0.15) is 0 Å². The van der Waals surface area contributed by atoms with Gasteiger partial charge in [-0.25, -0.2) is 4.39 Å². The predicted octanol–water partition coefficient (Wildman–Crippen LogP) is 3.70. The van der Waals surface area contributed by atoms with Crippen LogP contribution in [0.25, 0.3) is 6.08 Å². The van der Waals surface area contributed by atoms with Crippen molar-refractivity contribution in [2.75, 3.05) is 32.5 Å². The third kappa shape index (κ3) is 5.34. The molecule has 0 saturated carbocycles. The molecule has 0 aliphatic heterocycles. The molecule has 0 spiro atoms. The van der Waals surface area contributed by atoms with Crippen LogP contribution < -0.4 is 5.32 Å². The average Bonchev–Trinajstić information content (AvgIpc) is 2.54. The van der Waals surface area contributed by atoms with E-state index in [4.69, 9.17) is 0 Å². The van der Waals surface area contributed by atoms with Crippen molar-refractivity contribution in [3.8, 4) is 0 Å². The van der Waals surface area contributed by atoms with Gasteiger partial charge in [-0.1, -0.05) is 18.2 Å². The van der Waals surface area contributed by atoms with Gasteiger partial charge in [-0.05, 0) is 56.6 Å². The number of hydrogen-bond acceptors (Lipinski definition) is 3. The van der Waals surface area contributed by atoms with Crippen LogP contribution in [0, 0.1) is 5.82 Å². The Morgan fingerprint density at radius 3 is 2.48 bits per heavy atom. The van der Waals surface area contributed by atoms with Crippen molar-refractivity contribution in [1.29, 1.82) is 0 Å². The van der Waals surface area contributed by atoms with Crippen molar-refractivity contribution in [2.45, 2.75) is 0 Å². The quantitative estimate of drug-likeness (QED) is 0.625. The molecule has 0 aromatic heterocycles. The van der Waals surface area contributed by atoms with Gasteiger partial charge in [0.2, 0.25) is 0 Å². The molecule has 0 fully saturated rings. The van der Waals surface area contributed by atoms with E-state index in [0.717, 1.165) is 18.8 Å². The van der Waals surface area contributed by atoms with Crippen LogP contribution in [0.2, 0.25) is 0 Å². The Morgan fingerprint density at radius 2 is 1.83 bits per heavy atom. The summed E-state index contributed by atoms with van der Waals surface area (Å²) in [5, 5.41) is 3.29. The highest BCUT2D eigenvalue weighted by atomic mass is 19.1. The molecule has 0 aliphatic carbocycles. The van der Waals surface area contributed by atoms with Crippen LogP contribution in [0.3, 0.4) is 0 Å². The van der Waals surface area contributed by atoms with Gasteiger partial charge in [0.05, 0.1) is 0 Å². The number of nitrogens with zero attached hydrogens (tertiary/aromatic N) is 1. The average molecular weight is 312 g/mol. The summed E-state index contributed by atoms with van der Waals surface area (Å²) >= 11 is 0. The zero-order chi connectivity index (χ0) is 16.7. The molecule has 2 rings (SSSR count). The van der Waals surface area contributed by atoms with Gasteiger partial charge in [0.25, 0.3) is 0 Å².